The van der Waals surface area contributed by atoms with Crippen LogP contribution in [0.1, 0.15) is 45.1 Å². The number of aromatic nitrogens is 3. The molecule has 3 unspecified atom stereocenters. The van der Waals surface area contributed by atoms with Crippen molar-refractivity contribution in [2.75, 3.05) is 0 Å². The summed E-state index contributed by atoms with van der Waals surface area (Å²) in [6.45, 7) is 6.17. The molecule has 1 heterocycles. The molecule has 0 bridgehead atoms. The molecule has 1 aromatic heterocycles. The van der Waals surface area contributed by atoms with Gasteiger partial charge in [0.05, 0.1) is 12.1 Å². The summed E-state index contributed by atoms with van der Waals surface area (Å²) in [5.74, 6) is -2.29. The number of rotatable bonds is 6. The molecule has 1 N–H and O–H groups in total. The van der Waals surface area contributed by atoms with Gasteiger partial charge in [0.15, 0.2) is 16.8 Å². The van der Waals surface area contributed by atoms with Gasteiger partial charge in [-0.3, -0.25) is 0 Å². The van der Waals surface area contributed by atoms with E-state index in [0.29, 0.717) is 10.7 Å². The highest BCUT2D eigenvalue weighted by Crippen LogP contribution is 2.55. The van der Waals surface area contributed by atoms with Crippen molar-refractivity contribution >= 4 is 11.8 Å². The number of hydrogen-bond donors (Lipinski definition) is 1. The van der Waals surface area contributed by atoms with E-state index in [9.17, 15) is 13.9 Å². The van der Waals surface area contributed by atoms with Gasteiger partial charge in [0.2, 0.25) is 0 Å². The minimum absolute atomic E-state index is 0.237. The van der Waals surface area contributed by atoms with Crippen LogP contribution in [0.25, 0.3) is 0 Å². The molecular weight excluding hydrogens is 416 g/mol. The highest BCUT2D eigenvalue weighted by atomic mass is 32.2. The average Bonchev–Trinajstić information content (AvgIpc) is 3.26. The molecule has 0 radical (unpaired) electrons. The van der Waals surface area contributed by atoms with Gasteiger partial charge in [-0.25, -0.2) is 18.4 Å². The first-order valence-corrected chi connectivity index (χ1v) is 11.3. The van der Waals surface area contributed by atoms with Crippen molar-refractivity contribution in [3.8, 4) is 0 Å². The first-order valence-electron chi connectivity index (χ1n) is 10.5. The Bertz CT molecular complexity index is 1060. The van der Waals surface area contributed by atoms with Crippen LogP contribution in [0.2, 0.25) is 0 Å². The van der Waals surface area contributed by atoms with Crippen molar-refractivity contribution in [2.45, 2.75) is 61.7 Å². The molecule has 1 aliphatic rings. The zero-order valence-electron chi connectivity index (χ0n) is 17.9. The second-order valence-electron chi connectivity index (χ2n) is 9.00. The Morgan fingerprint density at radius 2 is 1.90 bits per heavy atom. The Morgan fingerprint density at radius 3 is 2.65 bits per heavy atom. The van der Waals surface area contributed by atoms with Crippen LogP contribution in [-0.2, 0) is 6.54 Å². The van der Waals surface area contributed by atoms with Gasteiger partial charge in [0.1, 0.15) is 6.33 Å². The molecule has 4 nitrogen and oxygen atoms in total. The summed E-state index contributed by atoms with van der Waals surface area (Å²) in [7, 11) is 0. The predicted octanol–water partition coefficient (Wildman–Crippen LogP) is 5.68. The average molecular weight is 444 g/mol. The molecule has 3 atom stereocenters. The molecule has 0 aliphatic heterocycles. The molecule has 2 aromatic carbocycles. The summed E-state index contributed by atoms with van der Waals surface area (Å²) >= 11 is 1.48. The molecule has 1 aliphatic carbocycles. The van der Waals surface area contributed by atoms with Crippen molar-refractivity contribution < 1.29 is 13.9 Å². The van der Waals surface area contributed by atoms with Crippen molar-refractivity contribution in [1.29, 1.82) is 0 Å². The van der Waals surface area contributed by atoms with E-state index >= 15 is 0 Å². The lowest BCUT2D eigenvalue weighted by molar-refractivity contribution is -0.0978. The van der Waals surface area contributed by atoms with E-state index in [1.54, 1.807) is 10.7 Å². The third-order valence-electron chi connectivity index (χ3n) is 6.86. The maximum Gasteiger partial charge on any atom is 0.191 e. The Morgan fingerprint density at radius 1 is 1.16 bits per heavy atom. The van der Waals surface area contributed by atoms with Crippen LogP contribution in [0.3, 0.4) is 0 Å². The van der Waals surface area contributed by atoms with E-state index < -0.39 is 22.7 Å². The van der Waals surface area contributed by atoms with E-state index in [1.165, 1.54) is 24.2 Å². The van der Waals surface area contributed by atoms with Gasteiger partial charge >= 0.3 is 0 Å². The van der Waals surface area contributed by atoms with Gasteiger partial charge in [-0.05, 0) is 53.9 Å². The standard InChI is InChI=1S/C24H27F2N3OS/c1-16(18-10-7-11-20(25)21(18)26)19-12-13-23(2,3)24(19,30)14-29-22(27-15-28-29)31-17-8-5-4-6-9-17/h4-11,15-16,19,30H,12-14H2,1-3H3. The molecule has 0 saturated heterocycles. The number of nitrogens with zero attached hydrogens (tertiary/aromatic N) is 3. The first kappa shape index (κ1) is 22.0. The van der Waals surface area contributed by atoms with Crippen LogP contribution in [0.4, 0.5) is 8.78 Å². The predicted molar refractivity (Wildman–Crippen MR) is 117 cm³/mol. The summed E-state index contributed by atoms with van der Waals surface area (Å²) in [6.07, 6.45) is 2.99. The highest BCUT2D eigenvalue weighted by Gasteiger charge is 2.56. The Balaban J connectivity index is 1.65. The summed E-state index contributed by atoms with van der Waals surface area (Å²) in [6, 6.07) is 14.1. The van der Waals surface area contributed by atoms with Gasteiger partial charge < -0.3 is 5.11 Å². The van der Waals surface area contributed by atoms with Gasteiger partial charge in [-0.1, -0.05) is 62.9 Å². The summed E-state index contributed by atoms with van der Waals surface area (Å²) in [5.41, 5.74) is -1.28. The van der Waals surface area contributed by atoms with Crippen LogP contribution in [-0.4, -0.2) is 25.5 Å². The maximum absolute atomic E-state index is 14.5. The monoisotopic (exact) mass is 443 g/mol. The van der Waals surface area contributed by atoms with Crippen LogP contribution in [0.5, 0.6) is 0 Å². The Kier molecular flexibility index (Phi) is 5.92. The second kappa shape index (κ2) is 8.36. The molecule has 3 aromatic rings. The SMILES string of the molecule is CC(c1cccc(F)c1F)C1CCC(C)(C)C1(O)Cn1ncnc1Sc1ccccc1. The lowest BCUT2D eigenvalue weighted by Crippen LogP contribution is -2.50. The molecule has 7 heteroatoms. The number of halogens is 2. The minimum atomic E-state index is -1.16. The Labute approximate surface area is 185 Å². The first-order chi connectivity index (χ1) is 14.7. The van der Waals surface area contributed by atoms with E-state index in [0.717, 1.165) is 23.8 Å². The fourth-order valence-corrected chi connectivity index (χ4v) is 5.64. The van der Waals surface area contributed by atoms with Gasteiger partial charge in [-0.2, -0.15) is 5.10 Å². The van der Waals surface area contributed by atoms with Crippen molar-refractivity contribution in [3.05, 3.63) is 72.1 Å². The van der Waals surface area contributed by atoms with Crippen molar-refractivity contribution in [3.63, 3.8) is 0 Å². The third kappa shape index (κ3) is 4.01. The highest BCUT2D eigenvalue weighted by molar-refractivity contribution is 7.99. The molecule has 31 heavy (non-hydrogen) atoms. The smallest absolute Gasteiger partial charge is 0.191 e. The fourth-order valence-electron chi connectivity index (χ4n) is 4.82. The molecule has 0 spiro atoms. The maximum atomic E-state index is 14.5. The molecule has 0 amide bonds. The lowest BCUT2D eigenvalue weighted by atomic mass is 9.69. The molecule has 1 saturated carbocycles. The molecule has 1 fully saturated rings. The van der Waals surface area contributed by atoms with Gasteiger partial charge in [0.25, 0.3) is 0 Å². The summed E-state index contributed by atoms with van der Waals surface area (Å²) in [4.78, 5) is 5.41. The molecular formula is C24H27F2N3OS. The largest absolute Gasteiger partial charge is 0.387 e. The van der Waals surface area contributed by atoms with E-state index in [4.69, 9.17) is 0 Å². The van der Waals surface area contributed by atoms with Gasteiger partial charge in [-0.15, -0.1) is 0 Å². The summed E-state index contributed by atoms with van der Waals surface area (Å²) in [5, 5.41) is 17.1. The van der Waals surface area contributed by atoms with Crippen LogP contribution < -0.4 is 0 Å². The lowest BCUT2D eigenvalue weighted by Gasteiger charge is -2.43. The van der Waals surface area contributed by atoms with Gasteiger partial charge in [0, 0.05) is 4.90 Å². The Hall–Kier alpha value is -2.25. The van der Waals surface area contributed by atoms with Crippen molar-refractivity contribution in [1.82, 2.24) is 14.8 Å². The fraction of sp³-hybridized carbons (Fsp3) is 0.417. The second-order valence-corrected chi connectivity index (χ2v) is 10.0. The van der Waals surface area contributed by atoms with E-state index in [-0.39, 0.29) is 18.4 Å². The third-order valence-corrected chi connectivity index (χ3v) is 7.87. The zero-order chi connectivity index (χ0) is 22.2. The number of benzene rings is 2. The molecule has 4 rings (SSSR count). The molecule has 164 valence electrons. The van der Waals surface area contributed by atoms with Crippen LogP contribution >= 0.6 is 11.8 Å². The summed E-state index contributed by atoms with van der Waals surface area (Å²) < 4.78 is 30.1. The van der Waals surface area contributed by atoms with Crippen molar-refractivity contribution in [2.24, 2.45) is 11.3 Å². The number of hydrogen-bond acceptors (Lipinski definition) is 4. The van der Waals surface area contributed by atoms with E-state index in [2.05, 4.69) is 10.1 Å². The van der Waals surface area contributed by atoms with Crippen LogP contribution in [0.15, 0.2) is 64.9 Å². The van der Waals surface area contributed by atoms with E-state index in [1.807, 2.05) is 51.1 Å². The minimum Gasteiger partial charge on any atom is -0.387 e. The normalized spacial score (nSPS) is 23.7. The van der Waals surface area contributed by atoms with Crippen LogP contribution in [0, 0.1) is 23.0 Å². The topological polar surface area (TPSA) is 50.9 Å². The quantitative estimate of drug-likeness (QED) is 0.533. The zero-order valence-corrected chi connectivity index (χ0v) is 18.7. The number of aliphatic hydroxyl groups is 1.